The Labute approximate surface area is 142 Å². The zero-order valence-corrected chi connectivity index (χ0v) is 13.3. The molecule has 2 N–H and O–H groups in total. The van der Waals surface area contributed by atoms with E-state index in [2.05, 4.69) is 21.1 Å². The third kappa shape index (κ3) is 4.09. The first-order valence-electron chi connectivity index (χ1n) is 7.42. The van der Waals surface area contributed by atoms with E-state index in [-0.39, 0.29) is 0 Å². The second-order valence-corrected chi connectivity index (χ2v) is 5.34. The van der Waals surface area contributed by atoms with E-state index in [9.17, 15) is 13.2 Å². The van der Waals surface area contributed by atoms with Gasteiger partial charge in [0.2, 0.25) is 0 Å². The number of methoxy groups -OCH3 is 1. The fourth-order valence-corrected chi connectivity index (χ4v) is 2.25. The fraction of sp³-hybridized carbons (Fsp3) is 0.176. The Morgan fingerprint density at radius 3 is 2.12 bits per heavy atom. The lowest BCUT2D eigenvalue weighted by Gasteiger charge is -2.15. The van der Waals surface area contributed by atoms with E-state index in [1.54, 1.807) is 7.11 Å². The van der Waals surface area contributed by atoms with Crippen molar-refractivity contribution in [2.45, 2.75) is 12.6 Å². The Hall–Kier alpha value is -3.03. The molecule has 0 aliphatic carbocycles. The number of rotatable bonds is 4. The van der Waals surface area contributed by atoms with Crippen molar-refractivity contribution in [3.05, 3.63) is 65.2 Å². The van der Waals surface area contributed by atoms with Crippen molar-refractivity contribution in [3.8, 4) is 5.75 Å². The SMILES string of the molecule is COc1ccc(CC2=NNC(c3ccc(C(F)(F)F)cc3)=NN2)cc1. The summed E-state index contributed by atoms with van der Waals surface area (Å²) in [4.78, 5) is 0. The largest absolute Gasteiger partial charge is 0.497 e. The Morgan fingerprint density at radius 2 is 1.60 bits per heavy atom. The summed E-state index contributed by atoms with van der Waals surface area (Å²) in [6, 6.07) is 12.2. The summed E-state index contributed by atoms with van der Waals surface area (Å²) in [6.45, 7) is 0. The van der Waals surface area contributed by atoms with Crippen molar-refractivity contribution in [3.63, 3.8) is 0 Å². The number of hydrazone groups is 2. The molecule has 0 radical (unpaired) electrons. The molecule has 0 aromatic heterocycles. The van der Waals surface area contributed by atoms with E-state index in [0.717, 1.165) is 23.4 Å². The van der Waals surface area contributed by atoms with E-state index in [4.69, 9.17) is 4.74 Å². The topological polar surface area (TPSA) is 58.0 Å². The average molecular weight is 348 g/mol. The second-order valence-electron chi connectivity index (χ2n) is 5.34. The number of alkyl halides is 3. The van der Waals surface area contributed by atoms with Gasteiger partial charge in [-0.25, -0.2) is 0 Å². The van der Waals surface area contributed by atoms with Crippen molar-refractivity contribution in [1.29, 1.82) is 0 Å². The van der Waals surface area contributed by atoms with Gasteiger partial charge in [-0.2, -0.15) is 23.4 Å². The molecule has 0 saturated heterocycles. The maximum Gasteiger partial charge on any atom is 0.416 e. The molecular weight excluding hydrogens is 333 g/mol. The molecule has 0 unspecified atom stereocenters. The molecule has 5 nitrogen and oxygen atoms in total. The molecule has 1 aliphatic heterocycles. The van der Waals surface area contributed by atoms with Crippen molar-refractivity contribution in [2.75, 3.05) is 7.11 Å². The lowest BCUT2D eigenvalue weighted by Crippen LogP contribution is -2.35. The Morgan fingerprint density at radius 1 is 0.920 bits per heavy atom. The summed E-state index contributed by atoms with van der Waals surface area (Å²) < 4.78 is 42.8. The molecule has 8 heteroatoms. The fourth-order valence-electron chi connectivity index (χ4n) is 2.25. The van der Waals surface area contributed by atoms with Crippen LogP contribution in [0.1, 0.15) is 16.7 Å². The first-order valence-corrected chi connectivity index (χ1v) is 7.42. The smallest absolute Gasteiger partial charge is 0.416 e. The molecule has 130 valence electrons. The summed E-state index contributed by atoms with van der Waals surface area (Å²) in [6.07, 6.45) is -3.83. The molecule has 2 aromatic rings. The number of halogens is 3. The number of hydrogen-bond acceptors (Lipinski definition) is 5. The molecule has 0 fully saturated rings. The number of nitrogens with one attached hydrogen (secondary N) is 2. The summed E-state index contributed by atoms with van der Waals surface area (Å²) in [5.74, 6) is 1.72. The van der Waals surface area contributed by atoms with Gasteiger partial charge in [-0.05, 0) is 29.8 Å². The lowest BCUT2D eigenvalue weighted by atomic mass is 10.1. The molecule has 25 heavy (non-hydrogen) atoms. The number of benzene rings is 2. The lowest BCUT2D eigenvalue weighted by molar-refractivity contribution is -0.137. The van der Waals surface area contributed by atoms with Gasteiger partial charge in [0.15, 0.2) is 5.84 Å². The zero-order chi connectivity index (χ0) is 17.9. The quantitative estimate of drug-likeness (QED) is 0.893. The van der Waals surface area contributed by atoms with E-state index in [1.807, 2.05) is 24.3 Å². The minimum atomic E-state index is -4.36. The summed E-state index contributed by atoms with van der Waals surface area (Å²) >= 11 is 0. The van der Waals surface area contributed by atoms with Crippen LogP contribution in [0.25, 0.3) is 0 Å². The van der Waals surface area contributed by atoms with Gasteiger partial charge in [0, 0.05) is 12.0 Å². The van der Waals surface area contributed by atoms with Crippen LogP contribution in [0, 0.1) is 0 Å². The Kier molecular flexibility index (Phi) is 4.60. The van der Waals surface area contributed by atoms with E-state index in [0.29, 0.717) is 23.7 Å². The molecule has 2 aromatic carbocycles. The van der Waals surface area contributed by atoms with Crippen molar-refractivity contribution < 1.29 is 17.9 Å². The highest BCUT2D eigenvalue weighted by molar-refractivity contribution is 6.01. The molecule has 1 aliphatic rings. The van der Waals surface area contributed by atoms with Gasteiger partial charge < -0.3 is 4.74 Å². The highest BCUT2D eigenvalue weighted by Gasteiger charge is 2.30. The first kappa shape index (κ1) is 16.8. The highest BCUT2D eigenvalue weighted by atomic mass is 19.4. The van der Waals surface area contributed by atoms with Gasteiger partial charge in [0.1, 0.15) is 11.6 Å². The molecule has 1 heterocycles. The van der Waals surface area contributed by atoms with Crippen LogP contribution in [0.2, 0.25) is 0 Å². The van der Waals surface area contributed by atoms with Gasteiger partial charge in [0.05, 0.1) is 12.7 Å². The Balaban J connectivity index is 1.63. The minimum absolute atomic E-state index is 0.354. The molecule has 0 bridgehead atoms. The highest BCUT2D eigenvalue weighted by Crippen LogP contribution is 2.29. The minimum Gasteiger partial charge on any atom is -0.497 e. The number of nitrogens with zero attached hydrogens (tertiary/aromatic N) is 2. The van der Waals surface area contributed by atoms with Crippen LogP contribution in [0.5, 0.6) is 5.75 Å². The number of ether oxygens (including phenoxy) is 1. The number of amidine groups is 2. The van der Waals surface area contributed by atoms with Crippen LogP contribution in [0.4, 0.5) is 13.2 Å². The maximum absolute atomic E-state index is 12.6. The average Bonchev–Trinajstić information content (AvgIpc) is 2.62. The molecule has 0 amide bonds. The third-order valence-electron chi connectivity index (χ3n) is 3.61. The molecule has 0 saturated carbocycles. The van der Waals surface area contributed by atoms with Gasteiger partial charge in [-0.3, -0.25) is 10.9 Å². The van der Waals surface area contributed by atoms with E-state index in [1.165, 1.54) is 12.1 Å². The predicted molar refractivity (Wildman–Crippen MR) is 88.4 cm³/mol. The maximum atomic E-state index is 12.6. The van der Waals surface area contributed by atoms with Crippen LogP contribution >= 0.6 is 0 Å². The van der Waals surface area contributed by atoms with Gasteiger partial charge >= 0.3 is 6.18 Å². The Bertz CT molecular complexity index is 796. The molecule has 3 rings (SSSR count). The predicted octanol–water partition coefficient (Wildman–Crippen LogP) is 3.12. The van der Waals surface area contributed by atoms with Crippen LogP contribution in [0.15, 0.2) is 58.7 Å². The summed E-state index contributed by atoms with van der Waals surface area (Å²) in [5, 5.41) is 8.29. The van der Waals surface area contributed by atoms with Crippen LogP contribution in [-0.4, -0.2) is 18.8 Å². The van der Waals surface area contributed by atoms with Gasteiger partial charge in [0.25, 0.3) is 0 Å². The molecular formula is C17H15F3N4O. The van der Waals surface area contributed by atoms with Crippen molar-refractivity contribution >= 4 is 11.7 Å². The van der Waals surface area contributed by atoms with Crippen LogP contribution < -0.4 is 15.6 Å². The van der Waals surface area contributed by atoms with Gasteiger partial charge in [-0.1, -0.05) is 24.3 Å². The van der Waals surface area contributed by atoms with Crippen LogP contribution in [0.3, 0.4) is 0 Å². The third-order valence-corrected chi connectivity index (χ3v) is 3.61. The van der Waals surface area contributed by atoms with E-state index < -0.39 is 11.7 Å². The van der Waals surface area contributed by atoms with Crippen LogP contribution in [-0.2, 0) is 12.6 Å². The first-order chi connectivity index (χ1) is 12.0. The van der Waals surface area contributed by atoms with Crippen molar-refractivity contribution in [2.24, 2.45) is 10.2 Å². The molecule has 0 atom stereocenters. The van der Waals surface area contributed by atoms with Gasteiger partial charge in [-0.15, -0.1) is 0 Å². The zero-order valence-electron chi connectivity index (χ0n) is 13.3. The monoisotopic (exact) mass is 348 g/mol. The summed E-state index contributed by atoms with van der Waals surface area (Å²) in [5.41, 5.74) is 6.39. The molecule has 0 spiro atoms. The van der Waals surface area contributed by atoms with E-state index >= 15 is 0 Å². The summed E-state index contributed by atoms with van der Waals surface area (Å²) in [7, 11) is 1.60. The second kappa shape index (κ2) is 6.84. The standard InChI is InChI=1S/C17H15F3N4O/c1-25-14-8-2-11(3-9-14)10-15-21-23-16(24-22-15)12-4-6-13(7-5-12)17(18,19)20/h2-9H,10H2,1H3,(H,21,22)(H,23,24). The van der Waals surface area contributed by atoms with Crippen molar-refractivity contribution in [1.82, 2.24) is 10.9 Å². The number of hydrogen-bond donors (Lipinski definition) is 2. The normalized spacial score (nSPS) is 14.1.